The summed E-state index contributed by atoms with van der Waals surface area (Å²) >= 11 is 7.76. The molecule has 32 heavy (non-hydrogen) atoms. The van der Waals surface area contributed by atoms with E-state index in [1.807, 2.05) is 33.2 Å². The molecular formula is C22H27Cl2N3O3S2. The van der Waals surface area contributed by atoms with E-state index in [9.17, 15) is 13.2 Å². The monoisotopic (exact) mass is 515 g/mol. The highest BCUT2D eigenvalue weighted by molar-refractivity contribution is 7.91. The van der Waals surface area contributed by atoms with Crippen LogP contribution in [0.4, 0.5) is 5.13 Å². The zero-order chi connectivity index (χ0) is 22.8. The number of sulfone groups is 1. The first-order valence-electron chi connectivity index (χ1n) is 9.99. The number of aromatic nitrogens is 1. The Morgan fingerprint density at radius 2 is 1.75 bits per heavy atom. The van der Waals surface area contributed by atoms with E-state index in [-0.39, 0.29) is 29.0 Å². The summed E-state index contributed by atoms with van der Waals surface area (Å²) in [5.41, 5.74) is 2.21. The lowest BCUT2D eigenvalue weighted by atomic mass is 10.2. The van der Waals surface area contributed by atoms with Gasteiger partial charge in [-0.25, -0.2) is 13.4 Å². The SMILES string of the molecule is CCS(=O)(=O)c1ccc(C(=O)N(CCCN(C)C)c2nc3c(C)ccc(Cl)c3s2)cc1.Cl. The van der Waals surface area contributed by atoms with Gasteiger partial charge in [-0.15, -0.1) is 12.4 Å². The second-order valence-electron chi connectivity index (χ2n) is 7.58. The molecule has 0 fully saturated rings. The molecule has 1 heterocycles. The Labute approximate surface area is 204 Å². The van der Waals surface area contributed by atoms with Gasteiger partial charge >= 0.3 is 0 Å². The Morgan fingerprint density at radius 3 is 2.31 bits per heavy atom. The lowest BCUT2D eigenvalue weighted by Crippen LogP contribution is -2.33. The highest BCUT2D eigenvalue weighted by Crippen LogP contribution is 2.36. The predicted molar refractivity (Wildman–Crippen MR) is 136 cm³/mol. The molecular weight excluding hydrogens is 489 g/mol. The second kappa shape index (κ2) is 10.9. The summed E-state index contributed by atoms with van der Waals surface area (Å²) in [6.07, 6.45) is 0.768. The number of nitrogens with zero attached hydrogens (tertiary/aromatic N) is 3. The van der Waals surface area contributed by atoms with E-state index in [1.54, 1.807) is 24.0 Å². The van der Waals surface area contributed by atoms with Crippen molar-refractivity contribution in [3.05, 3.63) is 52.5 Å². The maximum Gasteiger partial charge on any atom is 0.260 e. The minimum absolute atomic E-state index is 0. The van der Waals surface area contributed by atoms with Crippen molar-refractivity contribution in [1.82, 2.24) is 9.88 Å². The molecule has 0 spiro atoms. The van der Waals surface area contributed by atoms with Crippen LogP contribution in [0.3, 0.4) is 0 Å². The van der Waals surface area contributed by atoms with Crippen molar-refractivity contribution in [2.45, 2.75) is 25.2 Å². The number of benzene rings is 2. The van der Waals surface area contributed by atoms with Crippen LogP contribution < -0.4 is 4.90 Å². The average molecular weight is 517 g/mol. The van der Waals surface area contributed by atoms with E-state index < -0.39 is 9.84 Å². The smallest absolute Gasteiger partial charge is 0.260 e. The molecule has 6 nitrogen and oxygen atoms in total. The van der Waals surface area contributed by atoms with Crippen molar-refractivity contribution in [2.75, 3.05) is 37.8 Å². The molecule has 1 amide bonds. The number of thiazole rings is 1. The van der Waals surface area contributed by atoms with Gasteiger partial charge in [0.05, 0.1) is 25.9 Å². The molecule has 3 rings (SSSR count). The Bertz CT molecular complexity index is 1150. The molecule has 0 saturated carbocycles. The molecule has 0 aliphatic rings. The van der Waals surface area contributed by atoms with Gasteiger partial charge in [-0.1, -0.05) is 35.9 Å². The summed E-state index contributed by atoms with van der Waals surface area (Å²) in [4.78, 5) is 22.1. The maximum atomic E-state index is 13.4. The van der Waals surface area contributed by atoms with E-state index in [0.29, 0.717) is 22.3 Å². The summed E-state index contributed by atoms with van der Waals surface area (Å²) in [6.45, 7) is 4.87. The van der Waals surface area contributed by atoms with Gasteiger partial charge in [0.1, 0.15) is 0 Å². The van der Waals surface area contributed by atoms with Crippen LogP contribution in [0.2, 0.25) is 5.02 Å². The van der Waals surface area contributed by atoms with Crippen molar-refractivity contribution in [1.29, 1.82) is 0 Å². The van der Waals surface area contributed by atoms with Crippen LogP contribution in [-0.2, 0) is 9.84 Å². The highest BCUT2D eigenvalue weighted by Gasteiger charge is 2.23. The number of anilines is 1. The van der Waals surface area contributed by atoms with Crippen molar-refractivity contribution >= 4 is 66.4 Å². The summed E-state index contributed by atoms with van der Waals surface area (Å²) in [5.74, 6) is -0.199. The van der Waals surface area contributed by atoms with Gasteiger partial charge in [0, 0.05) is 12.1 Å². The molecule has 0 aliphatic heterocycles. The third-order valence-electron chi connectivity index (χ3n) is 4.99. The van der Waals surface area contributed by atoms with E-state index in [2.05, 4.69) is 4.90 Å². The number of aryl methyl sites for hydroxylation is 1. The van der Waals surface area contributed by atoms with Crippen LogP contribution in [0.25, 0.3) is 10.2 Å². The van der Waals surface area contributed by atoms with E-state index in [1.165, 1.54) is 23.5 Å². The first-order valence-corrected chi connectivity index (χ1v) is 12.8. The quantitative estimate of drug-likeness (QED) is 0.418. The zero-order valence-corrected chi connectivity index (χ0v) is 21.7. The molecule has 1 aromatic heterocycles. The largest absolute Gasteiger partial charge is 0.309 e. The normalized spacial score (nSPS) is 11.6. The fraction of sp³-hybridized carbons (Fsp3) is 0.364. The van der Waals surface area contributed by atoms with Gasteiger partial charge < -0.3 is 4.90 Å². The number of carbonyl (C=O) groups excluding carboxylic acids is 1. The summed E-state index contributed by atoms with van der Waals surface area (Å²) in [5, 5.41) is 1.19. The maximum absolute atomic E-state index is 13.4. The molecule has 2 aromatic carbocycles. The summed E-state index contributed by atoms with van der Waals surface area (Å²) < 4.78 is 25.0. The van der Waals surface area contributed by atoms with Crippen molar-refractivity contribution < 1.29 is 13.2 Å². The first-order chi connectivity index (χ1) is 14.6. The zero-order valence-electron chi connectivity index (χ0n) is 18.5. The van der Waals surface area contributed by atoms with Crippen molar-refractivity contribution in [3.63, 3.8) is 0 Å². The van der Waals surface area contributed by atoms with Gasteiger partial charge in [-0.2, -0.15) is 0 Å². The van der Waals surface area contributed by atoms with Gasteiger partial charge in [0.25, 0.3) is 5.91 Å². The molecule has 0 radical (unpaired) electrons. The predicted octanol–water partition coefficient (Wildman–Crippen LogP) is 5.07. The van der Waals surface area contributed by atoms with Gasteiger partial charge in [0.2, 0.25) is 0 Å². The molecule has 0 unspecified atom stereocenters. The van der Waals surface area contributed by atoms with Crippen molar-refractivity contribution in [2.24, 2.45) is 0 Å². The van der Waals surface area contributed by atoms with E-state index >= 15 is 0 Å². The highest BCUT2D eigenvalue weighted by atomic mass is 35.5. The average Bonchev–Trinajstić information content (AvgIpc) is 3.20. The fourth-order valence-corrected chi connectivity index (χ4v) is 5.39. The van der Waals surface area contributed by atoms with Crippen LogP contribution in [0.1, 0.15) is 29.3 Å². The number of amides is 1. The number of fused-ring (bicyclic) bond motifs is 1. The van der Waals surface area contributed by atoms with Gasteiger partial charge in [0.15, 0.2) is 15.0 Å². The summed E-state index contributed by atoms with van der Waals surface area (Å²) in [6, 6.07) is 9.86. The third kappa shape index (κ3) is 5.80. The molecule has 0 bridgehead atoms. The van der Waals surface area contributed by atoms with Gasteiger partial charge in [-0.05, 0) is 69.9 Å². The molecule has 3 aromatic rings. The van der Waals surface area contributed by atoms with Crippen LogP contribution in [-0.4, -0.2) is 57.1 Å². The number of carbonyl (C=O) groups is 1. The van der Waals surface area contributed by atoms with Crippen LogP contribution in [0.15, 0.2) is 41.3 Å². The molecule has 0 atom stereocenters. The first kappa shape index (κ1) is 26.5. The molecule has 0 aliphatic carbocycles. The number of rotatable bonds is 8. The van der Waals surface area contributed by atoms with Crippen molar-refractivity contribution in [3.8, 4) is 0 Å². The Kier molecular flexibility index (Phi) is 9.07. The van der Waals surface area contributed by atoms with Crippen LogP contribution >= 0.6 is 35.3 Å². The second-order valence-corrected chi connectivity index (χ2v) is 11.2. The number of hydrogen-bond acceptors (Lipinski definition) is 6. The Morgan fingerprint density at radius 1 is 1.09 bits per heavy atom. The molecule has 0 N–H and O–H groups in total. The fourth-order valence-electron chi connectivity index (χ4n) is 3.16. The summed E-state index contributed by atoms with van der Waals surface area (Å²) in [7, 11) is 0.653. The molecule has 10 heteroatoms. The minimum Gasteiger partial charge on any atom is -0.309 e. The molecule has 0 saturated heterocycles. The van der Waals surface area contributed by atoms with E-state index in [0.717, 1.165) is 28.7 Å². The lowest BCUT2D eigenvalue weighted by molar-refractivity contribution is 0.0986. The van der Waals surface area contributed by atoms with E-state index in [4.69, 9.17) is 16.6 Å². The Hall–Kier alpha value is -1.71. The lowest BCUT2D eigenvalue weighted by Gasteiger charge is -2.21. The topological polar surface area (TPSA) is 70.6 Å². The number of halogens is 2. The number of hydrogen-bond donors (Lipinski definition) is 0. The minimum atomic E-state index is -3.32. The third-order valence-corrected chi connectivity index (χ3v) is 8.28. The standard InChI is InChI=1S/C22H26ClN3O3S2.ClH/c1-5-31(28,29)17-10-8-16(9-11-17)21(27)26(14-6-13-25(3)4)22-24-19-15(2)7-12-18(23)20(19)30-22;/h7-12H,5-6,13-14H2,1-4H3;1H. The molecule has 174 valence electrons. The Balaban J connectivity index is 0.00000363. The van der Waals surface area contributed by atoms with Crippen LogP contribution in [0.5, 0.6) is 0 Å². The van der Waals surface area contributed by atoms with Crippen LogP contribution in [0, 0.1) is 6.92 Å². The van der Waals surface area contributed by atoms with Gasteiger partial charge in [-0.3, -0.25) is 9.69 Å².